The highest BCUT2D eigenvalue weighted by Gasteiger charge is 2.28. The summed E-state index contributed by atoms with van der Waals surface area (Å²) in [6.45, 7) is 11.8. The first-order chi connectivity index (χ1) is 8.95. The highest BCUT2D eigenvalue weighted by atomic mass is 79.9. The lowest BCUT2D eigenvalue weighted by molar-refractivity contribution is 0.138. The Hall–Kier alpha value is -0.190. The van der Waals surface area contributed by atoms with Crippen molar-refractivity contribution in [2.24, 2.45) is 5.92 Å². The predicted octanol–water partition coefficient (Wildman–Crippen LogP) is 4.43. The van der Waals surface area contributed by atoms with E-state index >= 15 is 0 Å². The van der Waals surface area contributed by atoms with Crippen LogP contribution in [0.15, 0.2) is 16.6 Å². The fourth-order valence-electron chi connectivity index (χ4n) is 2.22. The molecule has 106 valence electrons. The first-order valence-corrected chi connectivity index (χ1v) is 8.40. The van der Waals surface area contributed by atoms with Gasteiger partial charge in [-0.15, -0.1) is 0 Å². The van der Waals surface area contributed by atoms with Crippen molar-refractivity contribution >= 4 is 27.9 Å². The minimum Gasteiger partial charge on any atom is -0.493 e. The standard InChI is InChI=1S/C15H22BrNOS/c1-10(2)19-17-7-13(8-17)9-18-14-5-11(3)15(16)12(4)6-14/h5-6,10,13H,7-9H2,1-4H3. The Kier molecular flexibility index (Phi) is 5.21. The zero-order valence-electron chi connectivity index (χ0n) is 12.1. The molecule has 1 aliphatic heterocycles. The van der Waals surface area contributed by atoms with Crippen LogP contribution in [0.1, 0.15) is 25.0 Å². The summed E-state index contributed by atoms with van der Waals surface area (Å²) in [6.07, 6.45) is 0. The van der Waals surface area contributed by atoms with Gasteiger partial charge in [-0.05, 0) is 37.1 Å². The number of nitrogens with zero attached hydrogens (tertiary/aromatic N) is 1. The SMILES string of the molecule is Cc1cc(OCC2CN(SC(C)C)C2)cc(C)c1Br. The van der Waals surface area contributed by atoms with Gasteiger partial charge in [-0.25, -0.2) is 4.31 Å². The average molecular weight is 344 g/mol. The zero-order valence-corrected chi connectivity index (χ0v) is 14.5. The maximum Gasteiger partial charge on any atom is 0.119 e. The topological polar surface area (TPSA) is 12.5 Å². The second-order valence-electron chi connectivity index (χ2n) is 5.55. The molecule has 0 amide bonds. The van der Waals surface area contributed by atoms with Crippen LogP contribution in [-0.4, -0.2) is 29.3 Å². The summed E-state index contributed by atoms with van der Waals surface area (Å²) in [4.78, 5) is 0. The number of hydrogen-bond donors (Lipinski definition) is 0. The third-order valence-electron chi connectivity index (χ3n) is 3.18. The third kappa shape index (κ3) is 4.14. The summed E-state index contributed by atoms with van der Waals surface area (Å²) in [5.41, 5.74) is 2.47. The molecule has 0 bridgehead atoms. The van der Waals surface area contributed by atoms with Crippen molar-refractivity contribution in [1.82, 2.24) is 4.31 Å². The summed E-state index contributed by atoms with van der Waals surface area (Å²) >= 11 is 5.53. The Morgan fingerprint density at radius 2 is 1.89 bits per heavy atom. The molecular weight excluding hydrogens is 322 g/mol. The summed E-state index contributed by atoms with van der Waals surface area (Å²) < 4.78 is 9.53. The molecule has 0 aromatic heterocycles. The molecule has 0 N–H and O–H groups in total. The van der Waals surface area contributed by atoms with E-state index in [0.717, 1.165) is 25.4 Å². The van der Waals surface area contributed by atoms with Crippen molar-refractivity contribution in [2.75, 3.05) is 19.7 Å². The van der Waals surface area contributed by atoms with Crippen molar-refractivity contribution < 1.29 is 4.74 Å². The summed E-state index contributed by atoms with van der Waals surface area (Å²) in [5, 5.41) is 0.679. The van der Waals surface area contributed by atoms with E-state index in [9.17, 15) is 0 Å². The zero-order chi connectivity index (χ0) is 14.0. The number of ether oxygens (including phenoxy) is 1. The van der Waals surface area contributed by atoms with Gasteiger partial charge in [0, 0.05) is 28.7 Å². The lowest BCUT2D eigenvalue weighted by Crippen LogP contribution is -2.45. The van der Waals surface area contributed by atoms with Crippen molar-refractivity contribution in [2.45, 2.75) is 32.9 Å². The third-order valence-corrected chi connectivity index (χ3v) is 5.45. The number of halogens is 1. The molecular formula is C15H22BrNOS. The molecule has 19 heavy (non-hydrogen) atoms. The van der Waals surface area contributed by atoms with E-state index in [2.05, 4.69) is 60.1 Å². The van der Waals surface area contributed by atoms with E-state index in [1.54, 1.807) is 0 Å². The van der Waals surface area contributed by atoms with Crippen LogP contribution in [0.3, 0.4) is 0 Å². The molecule has 1 heterocycles. The Balaban J connectivity index is 1.78. The maximum atomic E-state index is 5.92. The normalized spacial score (nSPS) is 16.7. The summed E-state index contributed by atoms with van der Waals surface area (Å²) in [5.74, 6) is 1.67. The average Bonchev–Trinajstić information content (AvgIpc) is 2.28. The molecule has 0 spiro atoms. The summed E-state index contributed by atoms with van der Waals surface area (Å²) in [6, 6.07) is 4.22. The molecule has 2 nitrogen and oxygen atoms in total. The minimum atomic E-state index is 0.676. The highest BCUT2D eigenvalue weighted by Crippen LogP contribution is 2.29. The lowest BCUT2D eigenvalue weighted by Gasteiger charge is -2.38. The van der Waals surface area contributed by atoms with E-state index in [-0.39, 0.29) is 0 Å². The highest BCUT2D eigenvalue weighted by molar-refractivity contribution is 9.10. The second kappa shape index (κ2) is 6.51. The first-order valence-electron chi connectivity index (χ1n) is 6.77. The fourth-order valence-corrected chi connectivity index (χ4v) is 3.63. The number of hydrogen-bond acceptors (Lipinski definition) is 3. The van der Waals surface area contributed by atoms with Gasteiger partial charge in [-0.3, -0.25) is 0 Å². The van der Waals surface area contributed by atoms with Crippen LogP contribution >= 0.6 is 27.9 Å². The first kappa shape index (κ1) is 15.2. The lowest BCUT2D eigenvalue weighted by atomic mass is 10.1. The van der Waals surface area contributed by atoms with E-state index in [1.807, 2.05) is 11.9 Å². The molecule has 0 aliphatic carbocycles. The van der Waals surface area contributed by atoms with Crippen molar-refractivity contribution in [3.8, 4) is 5.75 Å². The molecule has 1 fully saturated rings. The Labute approximate surface area is 129 Å². The van der Waals surface area contributed by atoms with E-state index in [1.165, 1.54) is 15.6 Å². The molecule has 0 atom stereocenters. The number of rotatable bonds is 5. The van der Waals surface area contributed by atoms with Gasteiger partial charge in [0.05, 0.1) is 6.61 Å². The monoisotopic (exact) mass is 343 g/mol. The molecule has 2 rings (SSSR count). The van der Waals surface area contributed by atoms with Crippen LogP contribution in [0.2, 0.25) is 0 Å². The van der Waals surface area contributed by atoms with Crippen LogP contribution in [0.5, 0.6) is 5.75 Å². The van der Waals surface area contributed by atoms with Crippen LogP contribution < -0.4 is 4.74 Å². The fraction of sp³-hybridized carbons (Fsp3) is 0.600. The van der Waals surface area contributed by atoms with E-state index in [4.69, 9.17) is 4.74 Å². The minimum absolute atomic E-state index is 0.676. The van der Waals surface area contributed by atoms with Gasteiger partial charge in [0.15, 0.2) is 0 Å². The van der Waals surface area contributed by atoms with Gasteiger partial charge in [-0.2, -0.15) is 0 Å². The summed E-state index contributed by atoms with van der Waals surface area (Å²) in [7, 11) is 0. The molecule has 1 aromatic rings. The number of aryl methyl sites for hydroxylation is 2. The molecule has 1 saturated heterocycles. The van der Waals surface area contributed by atoms with Crippen molar-refractivity contribution in [3.05, 3.63) is 27.7 Å². The van der Waals surface area contributed by atoms with Crippen LogP contribution in [0, 0.1) is 19.8 Å². The second-order valence-corrected chi connectivity index (χ2v) is 8.01. The molecule has 4 heteroatoms. The molecule has 1 aromatic carbocycles. The molecule has 0 saturated carbocycles. The predicted molar refractivity (Wildman–Crippen MR) is 86.9 cm³/mol. The smallest absolute Gasteiger partial charge is 0.119 e. The quantitative estimate of drug-likeness (QED) is 0.733. The maximum absolute atomic E-state index is 5.92. The molecule has 1 aliphatic rings. The van der Waals surface area contributed by atoms with E-state index in [0.29, 0.717) is 11.2 Å². The van der Waals surface area contributed by atoms with E-state index < -0.39 is 0 Å². The van der Waals surface area contributed by atoms with Gasteiger partial charge in [0.25, 0.3) is 0 Å². The largest absolute Gasteiger partial charge is 0.493 e. The van der Waals surface area contributed by atoms with Crippen molar-refractivity contribution in [3.63, 3.8) is 0 Å². The van der Waals surface area contributed by atoms with Gasteiger partial charge in [0.2, 0.25) is 0 Å². The van der Waals surface area contributed by atoms with Gasteiger partial charge >= 0.3 is 0 Å². The van der Waals surface area contributed by atoms with Gasteiger partial charge in [0.1, 0.15) is 5.75 Å². The molecule has 0 radical (unpaired) electrons. The Morgan fingerprint density at radius 3 is 2.42 bits per heavy atom. The van der Waals surface area contributed by atoms with Crippen LogP contribution in [-0.2, 0) is 0 Å². The van der Waals surface area contributed by atoms with Crippen LogP contribution in [0.25, 0.3) is 0 Å². The molecule has 0 unspecified atom stereocenters. The van der Waals surface area contributed by atoms with Gasteiger partial charge < -0.3 is 4.74 Å². The van der Waals surface area contributed by atoms with Gasteiger partial charge in [-0.1, -0.05) is 41.7 Å². The van der Waals surface area contributed by atoms with Crippen LogP contribution in [0.4, 0.5) is 0 Å². The number of benzene rings is 1. The Morgan fingerprint density at radius 1 is 1.32 bits per heavy atom. The van der Waals surface area contributed by atoms with Crippen molar-refractivity contribution in [1.29, 1.82) is 0 Å². The Bertz CT molecular complexity index is 421.